The first-order valence-corrected chi connectivity index (χ1v) is 6.15. The number of amides is 1. The second-order valence-corrected chi connectivity index (χ2v) is 4.75. The maximum Gasteiger partial charge on any atom is 0.309 e. The van der Waals surface area contributed by atoms with Crippen molar-refractivity contribution in [3.63, 3.8) is 0 Å². The zero-order chi connectivity index (χ0) is 14.6. The van der Waals surface area contributed by atoms with Crippen LogP contribution in [0.5, 0.6) is 0 Å². The summed E-state index contributed by atoms with van der Waals surface area (Å²) >= 11 is 5.77. The van der Waals surface area contributed by atoms with Gasteiger partial charge in [-0.25, -0.2) is 4.39 Å². The Bertz CT molecular complexity index is 491. The molecule has 1 N–H and O–H groups in total. The van der Waals surface area contributed by atoms with Crippen LogP contribution in [-0.2, 0) is 14.3 Å². The molecule has 0 aliphatic heterocycles. The Kier molecular flexibility index (Phi) is 5.30. The van der Waals surface area contributed by atoms with Gasteiger partial charge in [0.25, 0.3) is 5.91 Å². The summed E-state index contributed by atoms with van der Waals surface area (Å²) in [7, 11) is 0. The van der Waals surface area contributed by atoms with Crippen molar-refractivity contribution in [1.82, 2.24) is 0 Å². The van der Waals surface area contributed by atoms with Gasteiger partial charge in [-0.2, -0.15) is 0 Å². The molecular weight excluding hydrogens is 273 g/mol. The summed E-state index contributed by atoms with van der Waals surface area (Å²) in [4.78, 5) is 23.1. The van der Waals surface area contributed by atoms with E-state index in [1.54, 1.807) is 13.8 Å². The average molecular weight is 288 g/mol. The van der Waals surface area contributed by atoms with E-state index in [0.717, 1.165) is 6.07 Å². The van der Waals surface area contributed by atoms with Gasteiger partial charge in [-0.3, -0.25) is 9.59 Å². The molecule has 19 heavy (non-hydrogen) atoms. The van der Waals surface area contributed by atoms with Gasteiger partial charge in [0, 0.05) is 0 Å². The molecule has 0 aromatic heterocycles. The molecule has 1 atom stereocenters. The minimum absolute atomic E-state index is 0.0794. The Morgan fingerprint density at radius 1 is 1.32 bits per heavy atom. The van der Waals surface area contributed by atoms with E-state index >= 15 is 0 Å². The summed E-state index contributed by atoms with van der Waals surface area (Å²) in [5, 5.41) is 2.55. The Morgan fingerprint density at radius 2 is 1.95 bits per heavy atom. The van der Waals surface area contributed by atoms with Gasteiger partial charge < -0.3 is 10.1 Å². The number of ether oxygens (including phenoxy) is 1. The van der Waals surface area contributed by atoms with Crippen LogP contribution < -0.4 is 5.32 Å². The highest BCUT2D eigenvalue weighted by atomic mass is 35.5. The van der Waals surface area contributed by atoms with Crippen molar-refractivity contribution in [3.8, 4) is 0 Å². The fourth-order valence-corrected chi connectivity index (χ4v) is 1.40. The van der Waals surface area contributed by atoms with Gasteiger partial charge >= 0.3 is 5.97 Å². The molecule has 0 spiro atoms. The molecule has 1 rings (SSSR count). The van der Waals surface area contributed by atoms with Gasteiger partial charge in [0.05, 0.1) is 16.6 Å². The van der Waals surface area contributed by atoms with E-state index in [0.29, 0.717) is 0 Å². The lowest BCUT2D eigenvalue weighted by Crippen LogP contribution is -2.31. The van der Waals surface area contributed by atoms with Gasteiger partial charge in [-0.05, 0) is 25.1 Å². The summed E-state index contributed by atoms with van der Waals surface area (Å²) in [5.74, 6) is -1.80. The molecule has 104 valence electrons. The highest BCUT2D eigenvalue weighted by Crippen LogP contribution is 2.22. The fourth-order valence-electron chi connectivity index (χ4n) is 1.19. The largest absolute Gasteiger partial charge is 0.452 e. The van der Waals surface area contributed by atoms with Crippen molar-refractivity contribution in [3.05, 3.63) is 29.0 Å². The van der Waals surface area contributed by atoms with Crippen LogP contribution in [0.3, 0.4) is 0 Å². The lowest BCUT2D eigenvalue weighted by atomic mass is 10.2. The third-order valence-electron chi connectivity index (χ3n) is 2.32. The van der Waals surface area contributed by atoms with Crippen LogP contribution in [0.4, 0.5) is 10.1 Å². The van der Waals surface area contributed by atoms with E-state index in [1.807, 2.05) is 0 Å². The van der Waals surface area contributed by atoms with Crippen LogP contribution in [0, 0.1) is 11.7 Å². The Balaban J connectivity index is 2.66. The molecule has 0 fully saturated rings. The zero-order valence-corrected chi connectivity index (χ0v) is 11.6. The maximum atomic E-state index is 12.8. The number of esters is 1. The van der Waals surface area contributed by atoms with Crippen molar-refractivity contribution < 1.29 is 18.7 Å². The van der Waals surface area contributed by atoms with Crippen molar-refractivity contribution in [2.75, 3.05) is 5.32 Å². The summed E-state index contributed by atoms with van der Waals surface area (Å²) in [6.07, 6.45) is -0.948. The van der Waals surface area contributed by atoms with Crippen LogP contribution in [0.2, 0.25) is 5.02 Å². The molecule has 0 aliphatic carbocycles. The Labute approximate surface area is 115 Å². The molecule has 1 amide bonds. The van der Waals surface area contributed by atoms with Gasteiger partial charge in [-0.1, -0.05) is 25.4 Å². The number of hydrogen-bond donors (Lipinski definition) is 1. The number of anilines is 1. The van der Waals surface area contributed by atoms with E-state index in [-0.39, 0.29) is 16.6 Å². The lowest BCUT2D eigenvalue weighted by molar-refractivity contribution is -0.156. The third kappa shape index (κ3) is 4.52. The monoisotopic (exact) mass is 287 g/mol. The number of carbonyl (C=O) groups excluding carboxylic acids is 2. The first kappa shape index (κ1) is 15.4. The molecule has 6 heteroatoms. The van der Waals surface area contributed by atoms with Crippen LogP contribution >= 0.6 is 11.6 Å². The Hall–Kier alpha value is -1.62. The van der Waals surface area contributed by atoms with Crippen molar-refractivity contribution in [1.29, 1.82) is 0 Å². The first-order chi connectivity index (χ1) is 8.81. The molecule has 1 aromatic rings. The normalized spacial score (nSPS) is 12.1. The Morgan fingerprint density at radius 3 is 2.47 bits per heavy atom. The SMILES string of the molecule is CC(C)C(=O)O[C@@H](C)C(=O)Nc1ccc(F)cc1Cl. The summed E-state index contributed by atoms with van der Waals surface area (Å²) in [6, 6.07) is 3.60. The van der Waals surface area contributed by atoms with E-state index in [9.17, 15) is 14.0 Å². The average Bonchev–Trinajstić information content (AvgIpc) is 2.32. The molecule has 4 nitrogen and oxygen atoms in total. The molecule has 0 saturated heterocycles. The second-order valence-electron chi connectivity index (χ2n) is 4.35. The summed E-state index contributed by atoms with van der Waals surface area (Å²) in [5.41, 5.74) is 0.264. The van der Waals surface area contributed by atoms with E-state index in [1.165, 1.54) is 19.1 Å². The van der Waals surface area contributed by atoms with Crippen LogP contribution in [0.1, 0.15) is 20.8 Å². The van der Waals surface area contributed by atoms with E-state index in [4.69, 9.17) is 16.3 Å². The number of benzene rings is 1. The minimum Gasteiger partial charge on any atom is -0.452 e. The van der Waals surface area contributed by atoms with Gasteiger partial charge in [0.15, 0.2) is 6.10 Å². The lowest BCUT2D eigenvalue weighted by Gasteiger charge is -2.15. The number of halogens is 2. The molecule has 0 radical (unpaired) electrons. The molecule has 0 unspecified atom stereocenters. The quantitative estimate of drug-likeness (QED) is 0.866. The second kappa shape index (κ2) is 6.52. The molecule has 0 aliphatic rings. The highest BCUT2D eigenvalue weighted by molar-refractivity contribution is 6.33. The minimum atomic E-state index is -0.948. The van der Waals surface area contributed by atoms with Crippen LogP contribution in [-0.4, -0.2) is 18.0 Å². The first-order valence-electron chi connectivity index (χ1n) is 5.77. The van der Waals surface area contributed by atoms with Gasteiger partial charge in [-0.15, -0.1) is 0 Å². The van der Waals surface area contributed by atoms with Gasteiger partial charge in [0.2, 0.25) is 0 Å². The number of nitrogens with one attached hydrogen (secondary N) is 1. The molecule has 1 aromatic carbocycles. The predicted octanol–water partition coefficient (Wildman–Crippen LogP) is 3.01. The zero-order valence-electron chi connectivity index (χ0n) is 10.9. The van der Waals surface area contributed by atoms with E-state index < -0.39 is 23.8 Å². The third-order valence-corrected chi connectivity index (χ3v) is 2.64. The number of hydrogen-bond acceptors (Lipinski definition) is 3. The topological polar surface area (TPSA) is 55.4 Å². The standard InChI is InChI=1S/C13H15ClFNO3/c1-7(2)13(18)19-8(3)12(17)16-11-5-4-9(15)6-10(11)14/h4-8H,1-3H3,(H,16,17)/t8-/m0/s1. The number of carbonyl (C=O) groups is 2. The number of rotatable bonds is 4. The highest BCUT2D eigenvalue weighted by Gasteiger charge is 2.20. The maximum absolute atomic E-state index is 12.8. The van der Waals surface area contributed by atoms with Crippen LogP contribution in [0.15, 0.2) is 18.2 Å². The smallest absolute Gasteiger partial charge is 0.309 e. The molecule has 0 heterocycles. The predicted molar refractivity (Wildman–Crippen MR) is 70.4 cm³/mol. The van der Waals surface area contributed by atoms with Crippen molar-refractivity contribution in [2.45, 2.75) is 26.9 Å². The molecule has 0 bridgehead atoms. The fraction of sp³-hybridized carbons (Fsp3) is 0.385. The molecular formula is C13H15ClFNO3. The summed E-state index contributed by atoms with van der Waals surface area (Å²) < 4.78 is 17.8. The van der Waals surface area contributed by atoms with E-state index in [2.05, 4.69) is 5.32 Å². The van der Waals surface area contributed by atoms with Crippen molar-refractivity contribution >= 4 is 29.2 Å². The van der Waals surface area contributed by atoms with Gasteiger partial charge in [0.1, 0.15) is 5.82 Å². The molecule has 0 saturated carbocycles. The summed E-state index contributed by atoms with van der Waals surface area (Å²) in [6.45, 7) is 4.79. The van der Waals surface area contributed by atoms with Crippen LogP contribution in [0.25, 0.3) is 0 Å². The van der Waals surface area contributed by atoms with Crippen molar-refractivity contribution in [2.24, 2.45) is 5.92 Å².